The lowest BCUT2D eigenvalue weighted by atomic mass is 10.1. The molecule has 0 aliphatic carbocycles. The Morgan fingerprint density at radius 2 is 1.62 bits per heavy atom. The molecule has 0 aliphatic heterocycles. The molecule has 0 bridgehead atoms. The largest absolute Gasteiger partial charge is 0.336 e. The first kappa shape index (κ1) is 12.8. The van der Waals surface area contributed by atoms with Gasteiger partial charge in [-0.25, -0.2) is 0 Å². The van der Waals surface area contributed by atoms with Crippen molar-refractivity contribution in [1.82, 2.24) is 4.90 Å². The Bertz CT molecular complexity index is 151. The molecule has 0 rings (SSSR count). The Balaban J connectivity index is 4.44. The van der Waals surface area contributed by atoms with Crippen LogP contribution in [0.4, 0.5) is 0 Å². The van der Waals surface area contributed by atoms with E-state index in [0.29, 0.717) is 12.1 Å². The van der Waals surface area contributed by atoms with E-state index in [4.69, 9.17) is 11.6 Å². The van der Waals surface area contributed by atoms with Gasteiger partial charge in [-0.05, 0) is 26.7 Å². The molecule has 0 N–H and O–H groups in total. The van der Waals surface area contributed by atoms with Gasteiger partial charge >= 0.3 is 0 Å². The maximum absolute atomic E-state index is 11.5. The van der Waals surface area contributed by atoms with Gasteiger partial charge < -0.3 is 4.90 Å². The van der Waals surface area contributed by atoms with Crippen LogP contribution in [0.2, 0.25) is 0 Å². The lowest BCUT2D eigenvalue weighted by Gasteiger charge is -2.33. The summed E-state index contributed by atoms with van der Waals surface area (Å²) >= 11 is 5.56. The van der Waals surface area contributed by atoms with E-state index < -0.39 is 0 Å². The molecule has 78 valence electrons. The van der Waals surface area contributed by atoms with Crippen molar-refractivity contribution < 1.29 is 4.79 Å². The smallest absolute Gasteiger partial charge is 0.237 e. The molecule has 0 unspecified atom stereocenters. The third-order valence-electron chi connectivity index (χ3n) is 2.53. The lowest BCUT2D eigenvalue weighted by molar-refractivity contribution is -0.132. The summed E-state index contributed by atoms with van der Waals surface area (Å²) in [4.78, 5) is 13.4. The van der Waals surface area contributed by atoms with Crippen LogP contribution in [0.15, 0.2) is 0 Å². The molecule has 0 aromatic rings. The summed E-state index contributed by atoms with van der Waals surface area (Å²) in [5, 5.41) is 0. The Morgan fingerprint density at radius 3 is 1.85 bits per heavy atom. The number of alkyl halides is 1. The van der Waals surface area contributed by atoms with Crippen LogP contribution in [0.1, 0.15) is 40.5 Å². The maximum Gasteiger partial charge on any atom is 0.237 e. The fourth-order valence-corrected chi connectivity index (χ4v) is 1.53. The molecule has 0 radical (unpaired) electrons. The molecule has 0 heterocycles. The monoisotopic (exact) mass is 205 g/mol. The van der Waals surface area contributed by atoms with Crippen molar-refractivity contribution in [3.8, 4) is 0 Å². The average molecular weight is 206 g/mol. The third-order valence-corrected chi connectivity index (χ3v) is 2.76. The van der Waals surface area contributed by atoms with Crippen molar-refractivity contribution in [1.29, 1.82) is 0 Å². The van der Waals surface area contributed by atoms with Gasteiger partial charge in [0.1, 0.15) is 5.88 Å². The first-order valence-corrected chi connectivity index (χ1v) is 5.48. The number of halogens is 1. The quantitative estimate of drug-likeness (QED) is 0.632. The second-order valence-corrected chi connectivity index (χ2v) is 3.72. The first-order valence-electron chi connectivity index (χ1n) is 4.95. The van der Waals surface area contributed by atoms with E-state index in [9.17, 15) is 4.79 Å². The number of hydrogen-bond acceptors (Lipinski definition) is 1. The van der Waals surface area contributed by atoms with Crippen molar-refractivity contribution in [2.45, 2.75) is 52.6 Å². The average Bonchev–Trinajstić information content (AvgIpc) is 2.16. The zero-order chi connectivity index (χ0) is 10.4. The van der Waals surface area contributed by atoms with Gasteiger partial charge in [0.2, 0.25) is 5.91 Å². The third kappa shape index (κ3) is 3.55. The van der Waals surface area contributed by atoms with Gasteiger partial charge in [0.05, 0.1) is 0 Å². The maximum atomic E-state index is 11.5. The second kappa shape index (κ2) is 6.25. The van der Waals surface area contributed by atoms with Crippen molar-refractivity contribution in [3.05, 3.63) is 0 Å². The molecule has 1 amide bonds. The number of amides is 1. The van der Waals surface area contributed by atoms with E-state index in [2.05, 4.69) is 27.7 Å². The fraction of sp³-hybridized carbons (Fsp3) is 0.900. The molecule has 0 saturated carbocycles. The van der Waals surface area contributed by atoms with Crippen molar-refractivity contribution >= 4 is 17.5 Å². The van der Waals surface area contributed by atoms with E-state index in [1.165, 1.54) is 0 Å². The molecule has 0 spiro atoms. The molecular weight excluding hydrogens is 186 g/mol. The molecule has 0 aromatic carbocycles. The molecule has 2 atom stereocenters. The van der Waals surface area contributed by atoms with Gasteiger partial charge in [-0.2, -0.15) is 0 Å². The molecule has 0 fully saturated rings. The van der Waals surface area contributed by atoms with Gasteiger partial charge in [-0.15, -0.1) is 11.6 Å². The topological polar surface area (TPSA) is 20.3 Å². The standard InChI is InChI=1S/C10H20ClNO/c1-5-8(3)12(9(4)6-2)10(13)7-11/h8-9H,5-7H2,1-4H3/t8-,9-/m0/s1. The highest BCUT2D eigenvalue weighted by Gasteiger charge is 2.22. The fourth-order valence-electron chi connectivity index (χ4n) is 1.39. The second-order valence-electron chi connectivity index (χ2n) is 3.45. The van der Waals surface area contributed by atoms with Crippen LogP contribution in [0, 0.1) is 0 Å². The minimum Gasteiger partial charge on any atom is -0.336 e. The summed E-state index contributed by atoms with van der Waals surface area (Å²) < 4.78 is 0. The molecule has 0 aliphatic rings. The van der Waals surface area contributed by atoms with Gasteiger partial charge in [0, 0.05) is 12.1 Å². The summed E-state index contributed by atoms with van der Waals surface area (Å²) in [6, 6.07) is 0.586. The minimum atomic E-state index is 0.0466. The number of rotatable bonds is 5. The molecule has 3 heteroatoms. The molecular formula is C10H20ClNO. The van der Waals surface area contributed by atoms with Crippen molar-refractivity contribution in [2.75, 3.05) is 5.88 Å². The molecule has 0 saturated heterocycles. The SMILES string of the molecule is CC[C@H](C)N(C(=O)CCl)[C@@H](C)CC. The lowest BCUT2D eigenvalue weighted by Crippen LogP contribution is -2.44. The predicted octanol–water partition coefficient (Wildman–Crippen LogP) is 2.65. The summed E-state index contributed by atoms with van der Waals surface area (Å²) in [5.74, 6) is 0.139. The summed E-state index contributed by atoms with van der Waals surface area (Å²) in [6.07, 6.45) is 1.96. The normalized spacial score (nSPS) is 15.2. The summed E-state index contributed by atoms with van der Waals surface area (Å²) in [6.45, 7) is 8.30. The minimum absolute atomic E-state index is 0.0466. The Kier molecular flexibility index (Phi) is 6.13. The Hall–Kier alpha value is -0.240. The molecule has 0 aromatic heterocycles. The van der Waals surface area contributed by atoms with Gasteiger partial charge in [-0.1, -0.05) is 13.8 Å². The predicted molar refractivity (Wildman–Crippen MR) is 57.1 cm³/mol. The Labute approximate surface area is 86.2 Å². The van der Waals surface area contributed by atoms with Gasteiger partial charge in [0.15, 0.2) is 0 Å². The van der Waals surface area contributed by atoms with Crippen molar-refractivity contribution in [3.63, 3.8) is 0 Å². The van der Waals surface area contributed by atoms with Gasteiger partial charge in [0.25, 0.3) is 0 Å². The Morgan fingerprint density at radius 1 is 1.23 bits per heavy atom. The number of carbonyl (C=O) groups is 1. The van der Waals surface area contributed by atoms with Crippen LogP contribution in [-0.2, 0) is 4.79 Å². The zero-order valence-electron chi connectivity index (χ0n) is 9.01. The zero-order valence-corrected chi connectivity index (χ0v) is 9.77. The van der Waals surface area contributed by atoms with Crippen LogP contribution in [0.5, 0.6) is 0 Å². The van der Waals surface area contributed by atoms with Crippen LogP contribution in [0.3, 0.4) is 0 Å². The van der Waals surface area contributed by atoms with Crippen LogP contribution in [0.25, 0.3) is 0 Å². The molecule has 2 nitrogen and oxygen atoms in total. The van der Waals surface area contributed by atoms with Crippen molar-refractivity contribution in [2.24, 2.45) is 0 Å². The van der Waals surface area contributed by atoms with Gasteiger partial charge in [-0.3, -0.25) is 4.79 Å². The highest BCUT2D eigenvalue weighted by Crippen LogP contribution is 2.12. The summed E-state index contributed by atoms with van der Waals surface area (Å²) in [7, 11) is 0. The van der Waals surface area contributed by atoms with E-state index in [1.54, 1.807) is 0 Å². The van der Waals surface area contributed by atoms with E-state index in [-0.39, 0.29) is 11.8 Å². The van der Waals surface area contributed by atoms with E-state index in [0.717, 1.165) is 12.8 Å². The number of hydrogen-bond donors (Lipinski definition) is 0. The van der Waals surface area contributed by atoms with E-state index in [1.807, 2.05) is 4.90 Å². The number of nitrogens with zero attached hydrogens (tertiary/aromatic N) is 1. The van der Waals surface area contributed by atoms with Crippen LogP contribution < -0.4 is 0 Å². The van der Waals surface area contributed by atoms with E-state index >= 15 is 0 Å². The highest BCUT2D eigenvalue weighted by atomic mass is 35.5. The van der Waals surface area contributed by atoms with Crippen LogP contribution in [-0.4, -0.2) is 28.8 Å². The molecule has 13 heavy (non-hydrogen) atoms. The highest BCUT2D eigenvalue weighted by molar-refractivity contribution is 6.27. The first-order chi connectivity index (χ1) is 6.08. The van der Waals surface area contributed by atoms with Crippen LogP contribution >= 0.6 is 11.6 Å². The summed E-state index contributed by atoms with van der Waals surface area (Å²) in [5.41, 5.74) is 0. The number of carbonyl (C=O) groups excluding carboxylic acids is 1.